The molecule has 1 fully saturated rings. The smallest absolute Gasteiger partial charge is 0.328 e. The predicted octanol–water partition coefficient (Wildman–Crippen LogP) is -0.641. The van der Waals surface area contributed by atoms with Crippen LogP contribution in [-0.4, -0.2) is 123 Å². The second kappa shape index (κ2) is 21.6. The van der Waals surface area contributed by atoms with Crippen molar-refractivity contribution >= 4 is 57.3 Å². The van der Waals surface area contributed by atoms with E-state index in [4.69, 9.17) is 5.73 Å². The topological polar surface area (TPSA) is 290 Å². The van der Waals surface area contributed by atoms with Gasteiger partial charge in [-0.2, -0.15) is 0 Å². The molecule has 1 heterocycles. The number of carboxylic acid groups (broad SMARTS) is 1. The molecule has 0 saturated carbocycles. The van der Waals surface area contributed by atoms with Gasteiger partial charge in [-0.05, 0) is 79.3 Å². The van der Waals surface area contributed by atoms with Crippen LogP contribution in [0.5, 0.6) is 11.5 Å². The molecule has 0 unspecified atom stereocenters. The van der Waals surface area contributed by atoms with E-state index in [9.17, 15) is 54.0 Å². The first-order valence-corrected chi connectivity index (χ1v) is 19.5. The van der Waals surface area contributed by atoms with E-state index in [1.165, 1.54) is 36.1 Å². The second-order valence-electron chi connectivity index (χ2n) is 14.1. The van der Waals surface area contributed by atoms with Crippen LogP contribution >= 0.6 is 15.9 Å². The summed E-state index contributed by atoms with van der Waals surface area (Å²) in [4.78, 5) is 92.8. The molecule has 19 heteroatoms. The van der Waals surface area contributed by atoms with Gasteiger partial charge >= 0.3 is 5.97 Å². The number of carbonyl (C=O) groups is 7. The molecule has 3 aromatic rings. The highest BCUT2D eigenvalue weighted by molar-refractivity contribution is 9.10. The summed E-state index contributed by atoms with van der Waals surface area (Å²) in [7, 11) is 0. The van der Waals surface area contributed by atoms with Crippen LogP contribution in [0.15, 0.2) is 77.3 Å². The summed E-state index contributed by atoms with van der Waals surface area (Å²) in [5.74, 6) is -5.78. The summed E-state index contributed by atoms with van der Waals surface area (Å²) >= 11 is 3.36. The van der Waals surface area contributed by atoms with Gasteiger partial charge in [0.25, 0.3) is 0 Å². The highest BCUT2D eigenvalue weighted by atomic mass is 79.9. The summed E-state index contributed by atoms with van der Waals surface area (Å²) in [6.45, 7) is 0.0323. The number of nitrogens with two attached hydrogens (primary N) is 1. The molecule has 18 nitrogen and oxygen atoms in total. The number of carboxylic acids is 1. The van der Waals surface area contributed by atoms with Crippen molar-refractivity contribution in [2.24, 2.45) is 5.73 Å². The quantitative estimate of drug-likeness (QED) is 0.0720. The normalized spacial score (nSPS) is 16.1. The molecule has 0 aliphatic carbocycles. The number of rotatable bonds is 19. The maximum Gasteiger partial charge on any atom is 0.328 e. The lowest BCUT2D eigenvalue weighted by molar-refractivity contribution is -0.145. The molecule has 1 aliphatic rings. The van der Waals surface area contributed by atoms with Crippen molar-refractivity contribution in [3.05, 3.63) is 94.0 Å². The van der Waals surface area contributed by atoms with Crippen molar-refractivity contribution in [3.8, 4) is 11.5 Å². The van der Waals surface area contributed by atoms with E-state index in [2.05, 4.69) is 42.5 Å². The van der Waals surface area contributed by atoms with Crippen molar-refractivity contribution in [3.63, 3.8) is 0 Å². The number of nitrogens with one attached hydrogen (secondary N) is 5. The fourth-order valence-corrected chi connectivity index (χ4v) is 6.55. The van der Waals surface area contributed by atoms with E-state index in [-0.39, 0.29) is 43.7 Å². The second-order valence-corrected chi connectivity index (χ2v) is 15.0. The summed E-state index contributed by atoms with van der Waals surface area (Å²) in [5.41, 5.74) is 7.95. The summed E-state index contributed by atoms with van der Waals surface area (Å²) in [6, 6.07) is 11.6. The number of benzene rings is 3. The zero-order valence-corrected chi connectivity index (χ0v) is 33.7. The van der Waals surface area contributed by atoms with E-state index in [0.717, 1.165) is 4.47 Å². The molecule has 6 amide bonds. The highest BCUT2D eigenvalue weighted by Gasteiger charge is 2.39. The molecule has 4 rings (SSSR count). The van der Waals surface area contributed by atoms with E-state index in [0.29, 0.717) is 23.1 Å². The first-order valence-electron chi connectivity index (χ1n) is 18.7. The number of aliphatic hydroxyl groups is 1. The van der Waals surface area contributed by atoms with Crippen LogP contribution in [0.2, 0.25) is 0 Å². The number of phenols is 2. The Kier molecular flexibility index (Phi) is 16.7. The number of likely N-dealkylation sites (tertiary alicyclic amines) is 1. The predicted molar refractivity (Wildman–Crippen MR) is 215 cm³/mol. The van der Waals surface area contributed by atoms with E-state index in [1.54, 1.807) is 48.5 Å². The molecule has 59 heavy (non-hydrogen) atoms. The highest BCUT2D eigenvalue weighted by Crippen LogP contribution is 2.21. The van der Waals surface area contributed by atoms with Crippen molar-refractivity contribution in [2.75, 3.05) is 19.7 Å². The van der Waals surface area contributed by atoms with Gasteiger partial charge in [-0.1, -0.05) is 52.3 Å². The molecule has 11 N–H and O–H groups in total. The number of phenolic OH excluding ortho intramolecular Hbond substituents is 2. The Morgan fingerprint density at radius 2 is 1.27 bits per heavy atom. The number of nitrogens with zero attached hydrogens (tertiary/aromatic N) is 1. The standard InChI is InChI=1S/C40H48BrN7O11/c1-22(44-36(54)29(42)17-23-6-12-27(50)13-7-23)35(53)46-30(18-24-4-10-26(41)11-5-24)37(55)43-20-34(52)45-31(19-25-8-14-28(51)15-9-25)39(57)48-16-2-3-33(48)38(56)47-32(21-49)40(58)59/h4-15,22,29-33,49-51H,2-3,16-21,42H2,1H3,(H,43,55)(H,44,54)(H,45,52)(H,46,53)(H,47,56)(H,58,59)/t22-,29+,30+,31+,32+,33+/m1/s1. The SMILES string of the molecule is C[C@@H](NC(=O)[C@@H](N)Cc1ccc(O)cc1)C(=O)N[C@@H](Cc1ccc(Br)cc1)C(=O)NCC(=O)N[C@@H](Cc1ccc(O)cc1)C(=O)N1CCC[C@H]1C(=O)N[C@@H](CO)C(=O)O. The van der Waals surface area contributed by atoms with Crippen LogP contribution < -0.4 is 32.3 Å². The fourth-order valence-electron chi connectivity index (χ4n) is 6.29. The zero-order chi connectivity index (χ0) is 43.2. The molecule has 3 aromatic carbocycles. The molecule has 0 spiro atoms. The lowest BCUT2D eigenvalue weighted by Gasteiger charge is -2.29. The Labute approximate surface area is 348 Å². The van der Waals surface area contributed by atoms with Gasteiger partial charge in [0.15, 0.2) is 0 Å². The van der Waals surface area contributed by atoms with Gasteiger partial charge in [-0.25, -0.2) is 4.79 Å². The largest absolute Gasteiger partial charge is 0.508 e. The zero-order valence-electron chi connectivity index (χ0n) is 32.1. The van der Waals surface area contributed by atoms with Crippen molar-refractivity contribution in [1.82, 2.24) is 31.5 Å². The fraction of sp³-hybridized carbons (Fsp3) is 0.375. The third-order valence-electron chi connectivity index (χ3n) is 9.54. The molecule has 0 aromatic heterocycles. The number of carbonyl (C=O) groups excluding carboxylic acids is 6. The first-order chi connectivity index (χ1) is 28.0. The van der Waals surface area contributed by atoms with Crippen molar-refractivity contribution in [2.45, 2.75) is 75.3 Å². The minimum atomic E-state index is -1.59. The Balaban J connectivity index is 1.44. The average molecular weight is 883 g/mol. The van der Waals surface area contributed by atoms with Gasteiger partial charge in [-0.3, -0.25) is 28.8 Å². The van der Waals surface area contributed by atoms with E-state index >= 15 is 0 Å². The number of amides is 6. The number of hydrogen-bond acceptors (Lipinski definition) is 11. The molecular weight excluding hydrogens is 834 g/mol. The van der Waals surface area contributed by atoms with Crippen LogP contribution in [0.4, 0.5) is 0 Å². The number of hydrogen-bond donors (Lipinski definition) is 10. The Hall–Kier alpha value is -6.05. The summed E-state index contributed by atoms with van der Waals surface area (Å²) < 4.78 is 0.773. The molecule has 1 saturated heterocycles. The summed E-state index contributed by atoms with van der Waals surface area (Å²) in [6.07, 6.45) is 0.641. The minimum Gasteiger partial charge on any atom is -0.508 e. The minimum absolute atomic E-state index is 0.00705. The molecule has 0 radical (unpaired) electrons. The van der Waals surface area contributed by atoms with Gasteiger partial charge in [0, 0.05) is 23.9 Å². The van der Waals surface area contributed by atoms with E-state index in [1.807, 2.05) is 0 Å². The van der Waals surface area contributed by atoms with Crippen LogP contribution in [0.25, 0.3) is 0 Å². The molecule has 6 atom stereocenters. The molecule has 0 bridgehead atoms. The lowest BCUT2D eigenvalue weighted by Crippen LogP contribution is -2.58. The maximum absolute atomic E-state index is 14.0. The third kappa shape index (κ3) is 13.8. The summed E-state index contributed by atoms with van der Waals surface area (Å²) in [5, 5.41) is 50.5. The number of aliphatic carboxylic acids is 1. The maximum atomic E-state index is 14.0. The van der Waals surface area contributed by atoms with Gasteiger partial charge < -0.3 is 57.6 Å². The lowest BCUT2D eigenvalue weighted by atomic mass is 10.0. The number of aromatic hydroxyl groups is 2. The van der Waals surface area contributed by atoms with Crippen LogP contribution in [-0.2, 0) is 52.8 Å². The van der Waals surface area contributed by atoms with Gasteiger partial charge in [0.1, 0.15) is 41.7 Å². The Morgan fingerprint density at radius 3 is 1.83 bits per heavy atom. The number of aliphatic hydroxyl groups excluding tert-OH is 1. The first kappa shape index (κ1) is 45.6. The Morgan fingerprint density at radius 1 is 0.729 bits per heavy atom. The van der Waals surface area contributed by atoms with Gasteiger partial charge in [0.05, 0.1) is 19.2 Å². The van der Waals surface area contributed by atoms with Gasteiger partial charge in [0.2, 0.25) is 35.4 Å². The van der Waals surface area contributed by atoms with Crippen LogP contribution in [0.3, 0.4) is 0 Å². The monoisotopic (exact) mass is 881 g/mol. The van der Waals surface area contributed by atoms with Gasteiger partial charge in [-0.15, -0.1) is 0 Å². The Bertz CT molecular complexity index is 1970. The van der Waals surface area contributed by atoms with Crippen LogP contribution in [0.1, 0.15) is 36.5 Å². The number of halogens is 1. The van der Waals surface area contributed by atoms with Crippen molar-refractivity contribution < 1.29 is 54.0 Å². The van der Waals surface area contributed by atoms with Crippen LogP contribution in [0, 0.1) is 0 Å². The molecular formula is C40H48BrN7O11. The molecule has 1 aliphatic heterocycles. The third-order valence-corrected chi connectivity index (χ3v) is 10.1. The van der Waals surface area contributed by atoms with Crippen molar-refractivity contribution in [1.29, 1.82) is 0 Å². The average Bonchev–Trinajstić information content (AvgIpc) is 3.71. The molecule has 316 valence electrons. The van der Waals surface area contributed by atoms with E-state index < -0.39 is 90.8 Å².